The molecule has 0 aliphatic carbocycles. The first kappa shape index (κ1) is 18.8. The molecule has 1 aromatic heterocycles. The summed E-state index contributed by atoms with van der Waals surface area (Å²) in [4.78, 5) is 23.0. The molecule has 1 amide bonds. The number of nitrogens with one attached hydrogen (secondary N) is 1. The lowest BCUT2D eigenvalue weighted by Crippen LogP contribution is -2.31. The van der Waals surface area contributed by atoms with Gasteiger partial charge in [0.15, 0.2) is 0 Å². The van der Waals surface area contributed by atoms with Gasteiger partial charge in [-0.1, -0.05) is 23.7 Å². The molecule has 0 unspecified atom stereocenters. The lowest BCUT2D eigenvalue weighted by atomic mass is 10.2. The summed E-state index contributed by atoms with van der Waals surface area (Å²) in [5.74, 6) is -0.515. The van der Waals surface area contributed by atoms with Gasteiger partial charge in [-0.15, -0.1) is 0 Å². The van der Waals surface area contributed by atoms with Crippen LogP contribution in [0.3, 0.4) is 0 Å². The molecule has 0 bridgehead atoms. The Kier molecular flexibility index (Phi) is 5.66. The fourth-order valence-electron chi connectivity index (χ4n) is 2.62. The second-order valence-electron chi connectivity index (χ2n) is 5.91. The van der Waals surface area contributed by atoms with Crippen LogP contribution in [0, 0.1) is 12.7 Å². The minimum absolute atomic E-state index is 0.0103. The summed E-state index contributed by atoms with van der Waals surface area (Å²) in [7, 11) is 0. The zero-order valence-corrected chi connectivity index (χ0v) is 15.7. The van der Waals surface area contributed by atoms with Crippen LogP contribution in [0.15, 0.2) is 54.7 Å². The van der Waals surface area contributed by atoms with E-state index < -0.39 is 5.82 Å². The van der Waals surface area contributed by atoms with Crippen molar-refractivity contribution in [1.29, 1.82) is 0 Å². The van der Waals surface area contributed by atoms with Crippen LogP contribution in [0.2, 0.25) is 5.02 Å². The highest BCUT2D eigenvalue weighted by molar-refractivity contribution is 6.31. The number of anilines is 3. The van der Waals surface area contributed by atoms with Crippen LogP contribution in [0.5, 0.6) is 0 Å². The van der Waals surface area contributed by atoms with Crippen molar-refractivity contribution in [2.24, 2.45) is 0 Å². The van der Waals surface area contributed by atoms with E-state index in [0.717, 1.165) is 11.3 Å². The zero-order valence-electron chi connectivity index (χ0n) is 14.9. The molecule has 138 valence electrons. The van der Waals surface area contributed by atoms with E-state index in [-0.39, 0.29) is 22.6 Å². The summed E-state index contributed by atoms with van der Waals surface area (Å²) < 4.78 is 13.3. The number of aromatic nitrogens is 2. The molecule has 3 aromatic rings. The molecule has 1 N–H and O–H groups in total. The largest absolute Gasteiger partial charge is 0.324 e. The summed E-state index contributed by atoms with van der Waals surface area (Å²) in [6, 6.07) is 13.5. The summed E-state index contributed by atoms with van der Waals surface area (Å²) in [6.45, 7) is 4.38. The Hall–Kier alpha value is -2.99. The first-order chi connectivity index (χ1) is 13.0. The average molecular weight is 385 g/mol. The van der Waals surface area contributed by atoms with E-state index >= 15 is 0 Å². The SMILES string of the molecule is CCN(C(=O)c1ccnc(Nc2ccc(F)c(Cl)c2)n1)c1cccc(C)c1. The van der Waals surface area contributed by atoms with E-state index in [9.17, 15) is 9.18 Å². The Morgan fingerprint density at radius 3 is 2.74 bits per heavy atom. The lowest BCUT2D eigenvalue weighted by molar-refractivity contribution is 0.0983. The maximum absolute atomic E-state index is 13.3. The number of benzene rings is 2. The van der Waals surface area contributed by atoms with Crippen molar-refractivity contribution in [1.82, 2.24) is 9.97 Å². The standard InChI is InChI=1S/C20H18ClFN4O/c1-3-26(15-6-4-5-13(2)11-15)19(27)18-9-10-23-20(25-18)24-14-7-8-17(22)16(21)12-14/h4-12H,3H2,1-2H3,(H,23,24,25). The fraction of sp³-hybridized carbons (Fsp3) is 0.150. The monoisotopic (exact) mass is 384 g/mol. The maximum atomic E-state index is 13.3. The summed E-state index contributed by atoms with van der Waals surface area (Å²) in [5.41, 5.74) is 2.65. The van der Waals surface area contributed by atoms with Crippen LogP contribution in [0.4, 0.5) is 21.7 Å². The Morgan fingerprint density at radius 1 is 1.22 bits per heavy atom. The van der Waals surface area contributed by atoms with E-state index in [4.69, 9.17) is 11.6 Å². The normalized spacial score (nSPS) is 10.5. The number of nitrogens with zero attached hydrogens (tertiary/aromatic N) is 3. The number of halogens is 2. The molecule has 27 heavy (non-hydrogen) atoms. The van der Waals surface area contributed by atoms with Gasteiger partial charge in [0.25, 0.3) is 5.91 Å². The molecule has 5 nitrogen and oxygen atoms in total. The summed E-state index contributed by atoms with van der Waals surface area (Å²) in [6.07, 6.45) is 1.50. The van der Waals surface area contributed by atoms with E-state index in [1.807, 2.05) is 38.1 Å². The number of carbonyl (C=O) groups excluding carboxylic acids is 1. The van der Waals surface area contributed by atoms with E-state index in [0.29, 0.717) is 12.2 Å². The van der Waals surface area contributed by atoms with Crippen LogP contribution in [0.25, 0.3) is 0 Å². The summed E-state index contributed by atoms with van der Waals surface area (Å²) >= 11 is 5.79. The predicted molar refractivity (Wildman–Crippen MR) is 105 cm³/mol. The van der Waals surface area contributed by atoms with Crippen molar-refractivity contribution >= 4 is 34.8 Å². The highest BCUT2D eigenvalue weighted by atomic mass is 35.5. The number of hydrogen-bond acceptors (Lipinski definition) is 4. The molecule has 0 spiro atoms. The van der Waals surface area contributed by atoms with Gasteiger partial charge >= 0.3 is 0 Å². The first-order valence-corrected chi connectivity index (χ1v) is 8.79. The van der Waals surface area contributed by atoms with Crippen molar-refractivity contribution in [3.63, 3.8) is 0 Å². The van der Waals surface area contributed by atoms with Gasteiger partial charge in [-0.25, -0.2) is 14.4 Å². The highest BCUT2D eigenvalue weighted by Crippen LogP contribution is 2.22. The Balaban J connectivity index is 1.85. The van der Waals surface area contributed by atoms with Gasteiger partial charge in [-0.3, -0.25) is 4.79 Å². The van der Waals surface area contributed by atoms with Crippen LogP contribution in [-0.4, -0.2) is 22.4 Å². The third-order valence-electron chi connectivity index (χ3n) is 3.93. The van der Waals surface area contributed by atoms with E-state index in [1.54, 1.807) is 11.0 Å². The second-order valence-corrected chi connectivity index (χ2v) is 6.31. The Bertz CT molecular complexity index is 980. The van der Waals surface area contributed by atoms with Gasteiger partial charge in [0.1, 0.15) is 11.5 Å². The van der Waals surface area contributed by atoms with Crippen molar-refractivity contribution < 1.29 is 9.18 Å². The highest BCUT2D eigenvalue weighted by Gasteiger charge is 2.18. The van der Waals surface area contributed by atoms with Crippen LogP contribution < -0.4 is 10.2 Å². The number of carbonyl (C=O) groups is 1. The van der Waals surface area contributed by atoms with Crippen LogP contribution in [0.1, 0.15) is 23.0 Å². The molecular formula is C20H18ClFN4O. The van der Waals surface area contributed by atoms with Gasteiger partial charge in [-0.2, -0.15) is 0 Å². The molecule has 2 aromatic carbocycles. The van der Waals surface area contributed by atoms with Crippen molar-refractivity contribution in [3.8, 4) is 0 Å². The molecule has 0 radical (unpaired) electrons. The average Bonchev–Trinajstić information content (AvgIpc) is 2.65. The Labute approximate surface area is 161 Å². The molecule has 0 saturated carbocycles. The molecule has 0 atom stereocenters. The molecule has 1 heterocycles. The zero-order chi connectivity index (χ0) is 19.4. The van der Waals surface area contributed by atoms with Gasteiger partial charge in [-0.05, 0) is 55.8 Å². The third kappa shape index (κ3) is 4.41. The molecule has 7 heteroatoms. The van der Waals surface area contributed by atoms with Crippen molar-refractivity contribution in [2.75, 3.05) is 16.8 Å². The summed E-state index contributed by atoms with van der Waals surface area (Å²) in [5, 5.41) is 2.92. The quantitative estimate of drug-likeness (QED) is 0.673. The lowest BCUT2D eigenvalue weighted by Gasteiger charge is -2.21. The van der Waals surface area contributed by atoms with Gasteiger partial charge in [0.05, 0.1) is 5.02 Å². The van der Waals surface area contributed by atoms with Crippen molar-refractivity contribution in [3.05, 3.63) is 76.8 Å². The smallest absolute Gasteiger partial charge is 0.277 e. The minimum Gasteiger partial charge on any atom is -0.324 e. The van der Waals surface area contributed by atoms with Crippen LogP contribution in [-0.2, 0) is 0 Å². The molecular weight excluding hydrogens is 367 g/mol. The fourth-order valence-corrected chi connectivity index (χ4v) is 2.80. The molecule has 0 saturated heterocycles. The minimum atomic E-state index is -0.510. The first-order valence-electron chi connectivity index (χ1n) is 8.41. The predicted octanol–water partition coefficient (Wildman–Crippen LogP) is 4.99. The topological polar surface area (TPSA) is 58.1 Å². The van der Waals surface area contributed by atoms with Crippen molar-refractivity contribution in [2.45, 2.75) is 13.8 Å². The molecule has 0 aliphatic heterocycles. The van der Waals surface area contributed by atoms with E-state index in [1.165, 1.54) is 24.4 Å². The Morgan fingerprint density at radius 2 is 2.04 bits per heavy atom. The van der Waals surface area contributed by atoms with Gasteiger partial charge in [0.2, 0.25) is 5.95 Å². The molecule has 0 fully saturated rings. The van der Waals surface area contributed by atoms with Gasteiger partial charge < -0.3 is 10.2 Å². The third-order valence-corrected chi connectivity index (χ3v) is 4.21. The number of amides is 1. The molecule has 0 aliphatic rings. The number of rotatable bonds is 5. The number of hydrogen-bond donors (Lipinski definition) is 1. The second kappa shape index (κ2) is 8.14. The van der Waals surface area contributed by atoms with E-state index in [2.05, 4.69) is 15.3 Å². The van der Waals surface area contributed by atoms with Gasteiger partial charge in [0, 0.05) is 24.1 Å². The van der Waals surface area contributed by atoms with Crippen LogP contribution >= 0.6 is 11.6 Å². The number of aryl methyl sites for hydroxylation is 1. The molecule has 3 rings (SSSR count). The maximum Gasteiger partial charge on any atom is 0.277 e.